The highest BCUT2D eigenvalue weighted by Crippen LogP contribution is 2.27. The number of nitrogen functional groups attached to an aromatic ring is 1. The first kappa shape index (κ1) is 18.3. The first-order valence-electron chi connectivity index (χ1n) is 7.94. The van der Waals surface area contributed by atoms with Crippen LogP contribution in [0.25, 0.3) is 0 Å². The molecule has 0 saturated carbocycles. The lowest BCUT2D eigenvalue weighted by Crippen LogP contribution is -2.05. The Labute approximate surface area is 160 Å². The van der Waals surface area contributed by atoms with Gasteiger partial charge >= 0.3 is 5.69 Å². The summed E-state index contributed by atoms with van der Waals surface area (Å²) in [5.74, 6) is -0.0306. The van der Waals surface area contributed by atoms with Gasteiger partial charge < -0.3 is 11.1 Å². The summed E-state index contributed by atoms with van der Waals surface area (Å²) in [4.78, 5) is 26.8. The lowest BCUT2D eigenvalue weighted by molar-refractivity contribution is -0.384. The average Bonchev–Trinajstić information content (AvgIpc) is 2.61. The third-order valence-corrected chi connectivity index (χ3v) is 4.29. The van der Waals surface area contributed by atoms with E-state index in [0.29, 0.717) is 22.6 Å². The zero-order valence-corrected chi connectivity index (χ0v) is 15.0. The van der Waals surface area contributed by atoms with Gasteiger partial charge in [0.05, 0.1) is 9.95 Å². The Morgan fingerprint density at radius 2 is 1.89 bits per heavy atom. The molecular formula is C19H15ClN4O3. The lowest BCUT2D eigenvalue weighted by atomic mass is 9.99. The van der Waals surface area contributed by atoms with E-state index in [1.807, 2.05) is 19.1 Å². The van der Waals surface area contributed by atoms with Crippen LogP contribution < -0.4 is 11.1 Å². The van der Waals surface area contributed by atoms with E-state index in [0.717, 1.165) is 5.56 Å². The van der Waals surface area contributed by atoms with Crippen molar-refractivity contribution in [3.8, 4) is 0 Å². The number of aryl methyl sites for hydroxylation is 1. The molecule has 0 atom stereocenters. The molecule has 1 heterocycles. The summed E-state index contributed by atoms with van der Waals surface area (Å²) >= 11 is 6.30. The van der Waals surface area contributed by atoms with Crippen LogP contribution in [-0.4, -0.2) is 15.7 Å². The van der Waals surface area contributed by atoms with Gasteiger partial charge in [0.25, 0.3) is 0 Å². The van der Waals surface area contributed by atoms with Crippen molar-refractivity contribution >= 4 is 40.4 Å². The third-order valence-electron chi connectivity index (χ3n) is 3.97. The highest BCUT2D eigenvalue weighted by Gasteiger charge is 2.16. The molecule has 3 N–H and O–H groups in total. The van der Waals surface area contributed by atoms with Crippen LogP contribution in [0, 0.1) is 17.0 Å². The van der Waals surface area contributed by atoms with Crippen LogP contribution in [-0.2, 0) is 0 Å². The number of rotatable bonds is 5. The number of carbonyl (C=O) groups excluding carboxylic acids is 1. The predicted molar refractivity (Wildman–Crippen MR) is 105 cm³/mol. The van der Waals surface area contributed by atoms with Crippen LogP contribution in [0.2, 0.25) is 5.02 Å². The summed E-state index contributed by atoms with van der Waals surface area (Å²) in [5, 5.41) is 14.0. The molecule has 2 aromatic carbocycles. The number of benzene rings is 2. The van der Waals surface area contributed by atoms with Gasteiger partial charge in [0.2, 0.25) is 5.82 Å². The van der Waals surface area contributed by atoms with Crippen LogP contribution >= 0.6 is 11.6 Å². The van der Waals surface area contributed by atoms with E-state index in [9.17, 15) is 14.9 Å². The summed E-state index contributed by atoms with van der Waals surface area (Å²) in [6.45, 7) is 1.86. The number of nitrogens with two attached hydrogens (primary N) is 1. The number of aromatic nitrogens is 1. The van der Waals surface area contributed by atoms with Gasteiger partial charge in [0, 0.05) is 22.9 Å². The minimum absolute atomic E-state index is 0.164. The molecule has 0 amide bonds. The number of hydrogen-bond acceptors (Lipinski definition) is 6. The SMILES string of the molecule is Cc1ccccc1C(=O)c1ccc(Nc2ccc([N+](=O)[O-])c(N)n2)cc1Cl. The van der Waals surface area contributed by atoms with Gasteiger partial charge in [0.15, 0.2) is 5.78 Å². The molecular weight excluding hydrogens is 368 g/mol. The second-order valence-corrected chi connectivity index (χ2v) is 6.23. The molecule has 1 aromatic heterocycles. The second-order valence-electron chi connectivity index (χ2n) is 5.82. The Morgan fingerprint density at radius 3 is 2.52 bits per heavy atom. The smallest absolute Gasteiger partial charge is 0.311 e. The predicted octanol–water partition coefficient (Wildman–Crippen LogP) is 4.51. The van der Waals surface area contributed by atoms with Crippen LogP contribution in [0.3, 0.4) is 0 Å². The van der Waals surface area contributed by atoms with E-state index in [-0.39, 0.29) is 22.3 Å². The third kappa shape index (κ3) is 3.88. The first-order valence-corrected chi connectivity index (χ1v) is 8.32. The normalized spacial score (nSPS) is 10.4. The monoisotopic (exact) mass is 382 g/mol. The van der Waals surface area contributed by atoms with Crippen molar-refractivity contribution in [3.05, 3.63) is 86.4 Å². The molecule has 0 bridgehead atoms. The maximum absolute atomic E-state index is 12.7. The maximum atomic E-state index is 12.7. The van der Waals surface area contributed by atoms with Gasteiger partial charge in [-0.25, -0.2) is 4.98 Å². The van der Waals surface area contributed by atoms with Crippen molar-refractivity contribution in [1.29, 1.82) is 0 Å². The molecule has 0 radical (unpaired) electrons. The fourth-order valence-electron chi connectivity index (χ4n) is 2.59. The molecule has 0 saturated heterocycles. The van der Waals surface area contributed by atoms with Gasteiger partial charge in [0.1, 0.15) is 5.82 Å². The standard InChI is InChI=1S/C19H15ClN4O3/c1-11-4-2-3-5-13(11)18(25)14-7-6-12(10-15(14)20)22-17-9-8-16(24(26)27)19(21)23-17/h2-10H,1H3,(H3,21,22,23). The van der Waals surface area contributed by atoms with Crippen LogP contribution in [0.15, 0.2) is 54.6 Å². The summed E-state index contributed by atoms with van der Waals surface area (Å²) in [6.07, 6.45) is 0. The van der Waals surface area contributed by atoms with Crippen LogP contribution in [0.5, 0.6) is 0 Å². The van der Waals surface area contributed by atoms with Crippen LogP contribution in [0.1, 0.15) is 21.5 Å². The minimum Gasteiger partial charge on any atom is -0.378 e. The molecule has 0 aliphatic carbocycles. The molecule has 8 heteroatoms. The Hall–Kier alpha value is -3.45. The number of anilines is 3. The topological polar surface area (TPSA) is 111 Å². The van der Waals surface area contributed by atoms with Gasteiger partial charge in [-0.3, -0.25) is 14.9 Å². The van der Waals surface area contributed by atoms with E-state index in [1.54, 1.807) is 30.3 Å². The van der Waals surface area contributed by atoms with E-state index >= 15 is 0 Å². The second kappa shape index (κ2) is 7.43. The van der Waals surface area contributed by atoms with Crippen molar-refractivity contribution in [1.82, 2.24) is 4.98 Å². The molecule has 3 aromatic rings. The van der Waals surface area contributed by atoms with Crippen molar-refractivity contribution in [3.63, 3.8) is 0 Å². The Bertz CT molecular complexity index is 1050. The van der Waals surface area contributed by atoms with Crippen LogP contribution in [0.4, 0.5) is 23.0 Å². The number of nitrogens with zero attached hydrogens (tertiary/aromatic N) is 2. The highest BCUT2D eigenvalue weighted by atomic mass is 35.5. The number of nitrogens with one attached hydrogen (secondary N) is 1. The summed E-state index contributed by atoms with van der Waals surface area (Å²) < 4.78 is 0. The van der Waals surface area contributed by atoms with E-state index in [1.165, 1.54) is 12.1 Å². The van der Waals surface area contributed by atoms with E-state index in [2.05, 4.69) is 10.3 Å². The van der Waals surface area contributed by atoms with Crippen molar-refractivity contribution in [2.75, 3.05) is 11.1 Å². The van der Waals surface area contributed by atoms with Gasteiger partial charge in [-0.2, -0.15) is 0 Å². The molecule has 0 unspecified atom stereocenters. The molecule has 0 spiro atoms. The molecule has 7 nitrogen and oxygen atoms in total. The average molecular weight is 383 g/mol. The molecule has 0 aliphatic rings. The zero-order valence-electron chi connectivity index (χ0n) is 14.3. The van der Waals surface area contributed by atoms with Gasteiger partial charge in [-0.1, -0.05) is 35.9 Å². The number of halogens is 1. The van der Waals surface area contributed by atoms with E-state index in [4.69, 9.17) is 17.3 Å². The highest BCUT2D eigenvalue weighted by molar-refractivity contribution is 6.35. The Morgan fingerprint density at radius 1 is 1.15 bits per heavy atom. The van der Waals surface area contributed by atoms with Crippen molar-refractivity contribution in [2.45, 2.75) is 6.92 Å². The summed E-state index contributed by atoms with van der Waals surface area (Å²) in [5.41, 5.74) is 7.73. The van der Waals surface area contributed by atoms with Crippen molar-refractivity contribution in [2.24, 2.45) is 0 Å². The fourth-order valence-corrected chi connectivity index (χ4v) is 2.86. The molecule has 136 valence electrons. The van der Waals surface area contributed by atoms with Crippen molar-refractivity contribution < 1.29 is 9.72 Å². The molecule has 0 fully saturated rings. The number of carbonyl (C=O) groups is 1. The minimum atomic E-state index is -0.602. The number of pyridine rings is 1. The zero-order chi connectivity index (χ0) is 19.6. The Balaban J connectivity index is 1.85. The molecule has 3 rings (SSSR count). The first-order chi connectivity index (χ1) is 12.9. The summed E-state index contributed by atoms with van der Waals surface area (Å²) in [6, 6.07) is 14.9. The summed E-state index contributed by atoms with van der Waals surface area (Å²) in [7, 11) is 0. The maximum Gasteiger partial charge on any atom is 0.311 e. The lowest BCUT2D eigenvalue weighted by Gasteiger charge is -2.10. The van der Waals surface area contributed by atoms with Gasteiger partial charge in [-0.05, 0) is 36.8 Å². The Kier molecular flexibility index (Phi) is 5.05. The number of ketones is 1. The number of nitro groups is 1. The molecule has 0 aliphatic heterocycles. The van der Waals surface area contributed by atoms with Gasteiger partial charge in [-0.15, -0.1) is 0 Å². The largest absolute Gasteiger partial charge is 0.378 e. The fraction of sp³-hybridized carbons (Fsp3) is 0.0526. The number of hydrogen-bond donors (Lipinski definition) is 2. The molecule has 27 heavy (non-hydrogen) atoms. The van der Waals surface area contributed by atoms with E-state index < -0.39 is 4.92 Å². The quantitative estimate of drug-likeness (QED) is 0.381.